The zero-order valence-electron chi connectivity index (χ0n) is 18.7. The van der Waals surface area contributed by atoms with Gasteiger partial charge in [0.25, 0.3) is 5.91 Å². The number of carbonyl (C=O) groups is 1. The predicted octanol–water partition coefficient (Wildman–Crippen LogP) is 3.17. The van der Waals surface area contributed by atoms with Gasteiger partial charge in [-0.15, -0.1) is 0 Å². The summed E-state index contributed by atoms with van der Waals surface area (Å²) < 4.78 is 23.0. The van der Waals surface area contributed by atoms with Crippen molar-refractivity contribution < 1.29 is 19.0 Å². The highest BCUT2D eigenvalue weighted by atomic mass is 35.5. The first-order valence-electron chi connectivity index (χ1n) is 10.8. The molecule has 8 nitrogen and oxygen atoms in total. The number of aromatic nitrogens is 3. The van der Waals surface area contributed by atoms with E-state index in [-0.39, 0.29) is 35.5 Å². The maximum absolute atomic E-state index is 15.2. The molecule has 3 aromatic rings. The Bertz CT molecular complexity index is 1210. The molecule has 10 heteroatoms. The Morgan fingerprint density at radius 3 is 2.76 bits per heavy atom. The van der Waals surface area contributed by atoms with E-state index in [2.05, 4.69) is 15.3 Å². The van der Waals surface area contributed by atoms with Crippen LogP contribution in [0.15, 0.2) is 24.7 Å². The van der Waals surface area contributed by atoms with E-state index in [1.165, 1.54) is 6.07 Å². The van der Waals surface area contributed by atoms with E-state index in [1.807, 2.05) is 11.3 Å². The van der Waals surface area contributed by atoms with Crippen LogP contribution in [0.5, 0.6) is 5.75 Å². The Labute approximate surface area is 195 Å². The van der Waals surface area contributed by atoms with Crippen LogP contribution >= 0.6 is 11.6 Å². The van der Waals surface area contributed by atoms with Crippen LogP contribution in [0.2, 0.25) is 5.02 Å². The first-order valence-corrected chi connectivity index (χ1v) is 11.2. The number of benzene rings is 1. The quantitative estimate of drug-likeness (QED) is 0.461. The van der Waals surface area contributed by atoms with Crippen LogP contribution in [-0.2, 0) is 6.54 Å². The minimum atomic E-state index is -0.927. The van der Waals surface area contributed by atoms with Gasteiger partial charge in [-0.1, -0.05) is 18.5 Å². The van der Waals surface area contributed by atoms with E-state index in [0.29, 0.717) is 29.9 Å². The summed E-state index contributed by atoms with van der Waals surface area (Å²) in [5.74, 6) is -1.23. The molecule has 4 rings (SSSR count). The maximum atomic E-state index is 15.2. The number of rotatable bonds is 8. The van der Waals surface area contributed by atoms with Gasteiger partial charge in [-0.05, 0) is 32.8 Å². The number of aliphatic hydroxyl groups is 1. The molecule has 1 saturated carbocycles. The lowest BCUT2D eigenvalue weighted by Gasteiger charge is -2.23. The Balaban J connectivity index is 1.82. The van der Waals surface area contributed by atoms with Gasteiger partial charge in [0.1, 0.15) is 17.1 Å². The van der Waals surface area contributed by atoms with Gasteiger partial charge < -0.3 is 20.9 Å². The van der Waals surface area contributed by atoms with Crippen LogP contribution in [0, 0.1) is 5.82 Å². The first kappa shape index (κ1) is 23.4. The van der Waals surface area contributed by atoms with Crippen molar-refractivity contribution in [1.82, 2.24) is 19.7 Å². The van der Waals surface area contributed by atoms with E-state index >= 15 is 4.39 Å². The smallest absolute Gasteiger partial charge is 0.258 e. The van der Waals surface area contributed by atoms with Crippen molar-refractivity contribution in [1.29, 1.82) is 0 Å². The van der Waals surface area contributed by atoms with Crippen molar-refractivity contribution in [3.8, 4) is 5.75 Å². The molecule has 1 aliphatic rings. The summed E-state index contributed by atoms with van der Waals surface area (Å²) in [7, 11) is 0. The molecule has 0 saturated heterocycles. The van der Waals surface area contributed by atoms with E-state index in [4.69, 9.17) is 22.1 Å². The third-order valence-corrected chi connectivity index (χ3v) is 6.08. The van der Waals surface area contributed by atoms with Crippen LogP contribution in [0.25, 0.3) is 5.52 Å². The standard InChI is InChI=1S/C23H27ClFN5O3/c1-12(2)33-20-14(13(3)21-28-10-17-16(9-26)27-6-7-30(17)21)8-15(24)19(25)18(20)22(31)29-11-23(32)4-5-23/h6-8,10,12-13,32H,4-5,9,11,26H2,1-3H3,(H,29,31). The molecule has 1 aliphatic carbocycles. The van der Waals surface area contributed by atoms with Gasteiger partial charge in [-0.25, -0.2) is 9.37 Å². The first-order chi connectivity index (χ1) is 15.6. The monoisotopic (exact) mass is 475 g/mol. The summed E-state index contributed by atoms with van der Waals surface area (Å²) in [6.45, 7) is 5.75. The molecule has 1 amide bonds. The third kappa shape index (κ3) is 4.53. The molecule has 0 radical (unpaired) electrons. The molecule has 0 bridgehead atoms. The number of imidazole rings is 1. The van der Waals surface area contributed by atoms with Gasteiger partial charge in [-0.3, -0.25) is 14.2 Å². The lowest BCUT2D eigenvalue weighted by molar-refractivity contribution is 0.0885. The molecule has 1 unspecified atom stereocenters. The zero-order chi connectivity index (χ0) is 23.9. The number of hydrogen-bond donors (Lipinski definition) is 3. The van der Waals surface area contributed by atoms with Gasteiger partial charge >= 0.3 is 0 Å². The highest BCUT2D eigenvalue weighted by Crippen LogP contribution is 2.40. The lowest BCUT2D eigenvalue weighted by atomic mass is 9.95. The minimum absolute atomic E-state index is 0.0313. The molecule has 4 N–H and O–H groups in total. The topological polar surface area (TPSA) is 115 Å². The zero-order valence-corrected chi connectivity index (χ0v) is 19.5. The van der Waals surface area contributed by atoms with Gasteiger partial charge in [0.15, 0.2) is 5.82 Å². The van der Waals surface area contributed by atoms with Crippen molar-refractivity contribution in [3.63, 3.8) is 0 Å². The Kier molecular flexibility index (Phi) is 6.30. The molecule has 1 fully saturated rings. The van der Waals surface area contributed by atoms with Crippen LogP contribution in [0.4, 0.5) is 4.39 Å². The second kappa shape index (κ2) is 8.89. The van der Waals surface area contributed by atoms with Crippen molar-refractivity contribution in [2.75, 3.05) is 6.54 Å². The molecule has 0 spiro atoms. The fourth-order valence-electron chi connectivity index (χ4n) is 3.79. The molecule has 2 aromatic heterocycles. The average molecular weight is 476 g/mol. The summed E-state index contributed by atoms with van der Waals surface area (Å²) in [5, 5.41) is 12.5. The number of ether oxygens (including phenoxy) is 1. The van der Waals surface area contributed by atoms with Crippen molar-refractivity contribution >= 4 is 23.0 Å². The van der Waals surface area contributed by atoms with E-state index in [1.54, 1.807) is 32.4 Å². The molecule has 0 aliphatic heterocycles. The SMILES string of the molecule is CC(C)Oc1c(C(C)c2ncc3c(CN)nccn23)cc(Cl)c(F)c1C(=O)NCC1(O)CC1. The third-order valence-electron chi connectivity index (χ3n) is 5.80. The number of nitrogens with one attached hydrogen (secondary N) is 1. The maximum Gasteiger partial charge on any atom is 0.258 e. The van der Waals surface area contributed by atoms with E-state index in [0.717, 1.165) is 5.52 Å². The normalized spacial score (nSPS) is 15.6. The van der Waals surface area contributed by atoms with Crippen molar-refractivity contribution in [2.24, 2.45) is 5.73 Å². The van der Waals surface area contributed by atoms with Crippen molar-refractivity contribution in [3.05, 3.63) is 58.1 Å². The summed E-state index contributed by atoms with van der Waals surface area (Å²) in [6, 6.07) is 1.47. The predicted molar refractivity (Wildman–Crippen MR) is 122 cm³/mol. The van der Waals surface area contributed by atoms with Gasteiger partial charge in [0, 0.05) is 37.0 Å². The number of amides is 1. The van der Waals surface area contributed by atoms with Crippen LogP contribution in [0.3, 0.4) is 0 Å². The molecule has 33 heavy (non-hydrogen) atoms. The number of halogens is 2. The van der Waals surface area contributed by atoms with Crippen molar-refractivity contribution in [2.45, 2.75) is 57.8 Å². The van der Waals surface area contributed by atoms with Gasteiger partial charge in [0.05, 0.1) is 34.1 Å². The summed E-state index contributed by atoms with van der Waals surface area (Å²) in [4.78, 5) is 21.8. The molecular formula is C23H27ClFN5O3. The Morgan fingerprint density at radius 1 is 1.39 bits per heavy atom. The molecule has 176 valence electrons. The number of nitrogens with zero attached hydrogens (tertiary/aromatic N) is 3. The molecule has 1 aromatic carbocycles. The van der Waals surface area contributed by atoms with E-state index in [9.17, 15) is 9.90 Å². The summed E-state index contributed by atoms with van der Waals surface area (Å²) >= 11 is 6.23. The number of carbonyl (C=O) groups excluding carboxylic acids is 1. The average Bonchev–Trinajstić information content (AvgIpc) is 3.36. The Hall–Kier alpha value is -2.75. The number of fused-ring (bicyclic) bond motifs is 1. The summed E-state index contributed by atoms with van der Waals surface area (Å²) in [5.41, 5.74) is 6.56. The highest BCUT2D eigenvalue weighted by Gasteiger charge is 2.41. The second-order valence-corrected chi connectivity index (χ2v) is 9.12. The molecule has 2 heterocycles. The van der Waals surface area contributed by atoms with Crippen LogP contribution in [0.1, 0.15) is 67.0 Å². The lowest BCUT2D eigenvalue weighted by Crippen LogP contribution is -2.34. The van der Waals surface area contributed by atoms with Gasteiger partial charge in [-0.2, -0.15) is 0 Å². The number of hydrogen-bond acceptors (Lipinski definition) is 6. The van der Waals surface area contributed by atoms with E-state index < -0.39 is 23.2 Å². The summed E-state index contributed by atoms with van der Waals surface area (Å²) in [6.07, 6.45) is 5.94. The minimum Gasteiger partial charge on any atom is -0.490 e. The highest BCUT2D eigenvalue weighted by molar-refractivity contribution is 6.31. The van der Waals surface area contributed by atoms with Crippen LogP contribution < -0.4 is 15.8 Å². The molecule has 1 atom stereocenters. The fraction of sp³-hybridized carbons (Fsp3) is 0.435. The van der Waals surface area contributed by atoms with Crippen LogP contribution in [-0.4, -0.2) is 43.6 Å². The Morgan fingerprint density at radius 2 is 2.12 bits per heavy atom. The molecular weight excluding hydrogens is 449 g/mol. The number of nitrogens with two attached hydrogens (primary N) is 1. The second-order valence-electron chi connectivity index (χ2n) is 8.71. The largest absolute Gasteiger partial charge is 0.490 e. The van der Waals surface area contributed by atoms with Gasteiger partial charge in [0.2, 0.25) is 0 Å². The fourth-order valence-corrected chi connectivity index (χ4v) is 4.00.